The topological polar surface area (TPSA) is 75.3 Å². The van der Waals surface area contributed by atoms with Crippen molar-refractivity contribution in [3.8, 4) is 0 Å². The lowest BCUT2D eigenvalue weighted by atomic mass is 10.2. The number of carbonyl (C=O) groups excluding carboxylic acids is 1. The minimum atomic E-state index is -3.69. The third kappa shape index (κ3) is 6.33. The SMILES string of the molecule is O=C(NP(=O)(Cl)Cl)c1ccc(NP(=O)(Cl)Cl)cc1. The molecule has 0 aliphatic carbocycles. The highest BCUT2D eigenvalue weighted by molar-refractivity contribution is 8.09. The molecule has 1 aromatic rings. The van der Waals surface area contributed by atoms with E-state index in [4.69, 9.17) is 45.0 Å². The molecule has 2 N–H and O–H groups in total. The van der Waals surface area contributed by atoms with E-state index in [1.54, 1.807) is 0 Å². The fraction of sp³-hybridized carbons (Fsp3) is 0. The molecule has 0 aliphatic rings. The molecule has 0 radical (unpaired) electrons. The summed E-state index contributed by atoms with van der Waals surface area (Å²) < 4.78 is 22.0. The number of rotatable bonds is 4. The van der Waals surface area contributed by atoms with Gasteiger partial charge in [0.25, 0.3) is 5.91 Å². The number of hydrogen-bond acceptors (Lipinski definition) is 3. The molecule has 0 saturated carbocycles. The molecular weight excluding hydrogens is 364 g/mol. The molecule has 0 atom stereocenters. The van der Waals surface area contributed by atoms with E-state index < -0.39 is 17.9 Å². The molecule has 0 saturated heterocycles. The van der Waals surface area contributed by atoms with Crippen molar-refractivity contribution in [1.82, 2.24) is 5.09 Å². The fourth-order valence-corrected chi connectivity index (χ4v) is 2.89. The second-order valence-electron chi connectivity index (χ2n) is 3.05. The Morgan fingerprint density at radius 2 is 1.44 bits per heavy atom. The average molecular weight is 370 g/mol. The lowest BCUT2D eigenvalue weighted by Crippen LogP contribution is -2.16. The Labute approximate surface area is 122 Å². The monoisotopic (exact) mass is 368 g/mol. The number of anilines is 1. The van der Waals surface area contributed by atoms with Gasteiger partial charge in [0, 0.05) is 11.3 Å². The zero-order valence-electron chi connectivity index (χ0n) is 8.44. The molecule has 0 spiro atoms. The highest BCUT2D eigenvalue weighted by atomic mass is 35.9. The summed E-state index contributed by atoms with van der Waals surface area (Å²) in [6.07, 6.45) is 0. The largest absolute Gasteiger partial charge is 0.345 e. The van der Waals surface area contributed by atoms with Gasteiger partial charge < -0.3 is 5.09 Å². The molecule has 18 heavy (non-hydrogen) atoms. The van der Waals surface area contributed by atoms with Gasteiger partial charge in [-0.1, -0.05) is 0 Å². The van der Waals surface area contributed by atoms with Crippen LogP contribution in [-0.2, 0) is 9.13 Å². The first-order valence-electron chi connectivity index (χ1n) is 4.26. The van der Waals surface area contributed by atoms with Crippen LogP contribution < -0.4 is 10.2 Å². The third-order valence-electron chi connectivity index (χ3n) is 1.64. The Hall–Kier alpha value is 0.110. The maximum Gasteiger partial charge on any atom is 0.345 e. The summed E-state index contributed by atoms with van der Waals surface area (Å²) in [6.45, 7) is 0. The molecule has 5 nitrogen and oxygen atoms in total. The first-order valence-corrected chi connectivity index (χ1v) is 11.3. The summed E-state index contributed by atoms with van der Waals surface area (Å²) in [5, 5.41) is 4.27. The predicted molar refractivity (Wildman–Crippen MR) is 76.2 cm³/mol. The second kappa shape index (κ2) is 6.04. The summed E-state index contributed by atoms with van der Waals surface area (Å²) in [5.41, 5.74) is 0.529. The first kappa shape index (κ1) is 16.2. The van der Waals surface area contributed by atoms with Crippen molar-refractivity contribution in [3.05, 3.63) is 29.8 Å². The van der Waals surface area contributed by atoms with Crippen LogP contribution in [0.5, 0.6) is 0 Å². The van der Waals surface area contributed by atoms with Crippen LogP contribution in [0.3, 0.4) is 0 Å². The first-order chi connectivity index (χ1) is 8.07. The van der Waals surface area contributed by atoms with Crippen molar-refractivity contribution in [1.29, 1.82) is 0 Å². The summed E-state index contributed by atoms with van der Waals surface area (Å²) in [7, 11) is 0. The van der Waals surface area contributed by atoms with Crippen LogP contribution in [0.4, 0.5) is 5.69 Å². The molecule has 0 aliphatic heterocycles. The highest BCUT2D eigenvalue weighted by Gasteiger charge is 2.19. The van der Waals surface area contributed by atoms with Crippen LogP contribution >= 0.6 is 57.0 Å². The van der Waals surface area contributed by atoms with Crippen molar-refractivity contribution in [2.45, 2.75) is 0 Å². The van der Waals surface area contributed by atoms with Gasteiger partial charge in [0.05, 0.1) is 0 Å². The van der Waals surface area contributed by atoms with Crippen molar-refractivity contribution >= 4 is 68.6 Å². The number of hydrogen-bond donors (Lipinski definition) is 2. The Bertz CT molecular complexity index is 538. The Kier molecular flexibility index (Phi) is 5.43. The Morgan fingerprint density at radius 3 is 1.83 bits per heavy atom. The molecule has 1 rings (SSSR count). The van der Waals surface area contributed by atoms with Gasteiger partial charge in [0.15, 0.2) is 0 Å². The van der Waals surface area contributed by atoms with E-state index >= 15 is 0 Å². The van der Waals surface area contributed by atoms with E-state index in [2.05, 4.69) is 5.09 Å². The van der Waals surface area contributed by atoms with Gasteiger partial charge in [-0.25, -0.2) is 0 Å². The van der Waals surface area contributed by atoms with Gasteiger partial charge in [-0.2, -0.15) is 0 Å². The van der Waals surface area contributed by atoms with Crippen LogP contribution in [0.15, 0.2) is 24.3 Å². The molecule has 0 aromatic heterocycles. The average Bonchev–Trinajstić information content (AvgIpc) is 2.13. The summed E-state index contributed by atoms with van der Waals surface area (Å²) >= 11 is 21.0. The van der Waals surface area contributed by atoms with E-state index in [0.717, 1.165) is 0 Å². The quantitative estimate of drug-likeness (QED) is 0.732. The van der Waals surface area contributed by atoms with Crippen LogP contribution in [0, 0.1) is 0 Å². The molecule has 0 fully saturated rings. The smallest absolute Gasteiger partial charge is 0.313 e. The zero-order chi connectivity index (χ0) is 14.0. The molecular formula is C7H6Cl4N2O3P2. The van der Waals surface area contributed by atoms with Crippen LogP contribution in [0.1, 0.15) is 10.4 Å². The standard InChI is InChI=1S/C7H6Cl4N2O3P2/c8-17(9,15)12-6-3-1-5(2-4-6)7(14)13-18(10,11)16/h1-4H,(H,12,15)(H,13,14,16). The van der Waals surface area contributed by atoms with Crippen LogP contribution in [0.2, 0.25) is 0 Å². The van der Waals surface area contributed by atoms with Gasteiger partial charge >= 0.3 is 12.0 Å². The van der Waals surface area contributed by atoms with Crippen LogP contribution in [-0.4, -0.2) is 5.91 Å². The second-order valence-corrected chi connectivity index (χ2v) is 12.1. The van der Waals surface area contributed by atoms with Crippen molar-refractivity contribution < 1.29 is 13.9 Å². The fourth-order valence-electron chi connectivity index (χ4n) is 1.03. The van der Waals surface area contributed by atoms with E-state index in [1.807, 2.05) is 5.09 Å². The molecule has 1 aromatic carbocycles. The van der Waals surface area contributed by atoms with Crippen LogP contribution in [0.25, 0.3) is 0 Å². The Balaban J connectivity index is 2.80. The molecule has 0 heterocycles. The molecule has 11 heteroatoms. The third-order valence-corrected chi connectivity index (χ3v) is 3.63. The predicted octanol–water partition coefficient (Wildman–Crippen LogP) is 5.00. The van der Waals surface area contributed by atoms with Gasteiger partial charge in [-0.05, 0) is 69.2 Å². The molecule has 100 valence electrons. The lowest BCUT2D eigenvalue weighted by Gasteiger charge is -2.08. The lowest BCUT2D eigenvalue weighted by molar-refractivity contribution is 0.0982. The van der Waals surface area contributed by atoms with E-state index in [1.165, 1.54) is 24.3 Å². The van der Waals surface area contributed by atoms with E-state index in [-0.39, 0.29) is 5.56 Å². The van der Waals surface area contributed by atoms with Crippen molar-refractivity contribution in [2.24, 2.45) is 0 Å². The minimum absolute atomic E-state index is 0.168. The Morgan fingerprint density at radius 1 is 0.944 bits per heavy atom. The maximum absolute atomic E-state index is 11.5. The molecule has 0 bridgehead atoms. The molecule has 0 unspecified atom stereocenters. The maximum atomic E-state index is 11.5. The number of amides is 1. The van der Waals surface area contributed by atoms with Crippen molar-refractivity contribution in [2.75, 3.05) is 5.09 Å². The summed E-state index contributed by atoms with van der Waals surface area (Å²) in [5.74, 6) is -7.84. The number of carbonyl (C=O) groups is 1. The van der Waals surface area contributed by atoms with E-state index in [0.29, 0.717) is 5.69 Å². The summed E-state index contributed by atoms with van der Waals surface area (Å²) in [4.78, 5) is 11.5. The summed E-state index contributed by atoms with van der Waals surface area (Å²) in [6, 6.07) is 5.56. The highest BCUT2D eigenvalue weighted by Crippen LogP contribution is 2.55. The van der Waals surface area contributed by atoms with Gasteiger partial charge in [-0.15, -0.1) is 0 Å². The molecule has 1 amide bonds. The van der Waals surface area contributed by atoms with Gasteiger partial charge in [0.1, 0.15) is 0 Å². The van der Waals surface area contributed by atoms with Gasteiger partial charge in [-0.3, -0.25) is 19.0 Å². The number of halogens is 4. The van der Waals surface area contributed by atoms with Crippen molar-refractivity contribution in [3.63, 3.8) is 0 Å². The minimum Gasteiger partial charge on any atom is -0.313 e. The zero-order valence-corrected chi connectivity index (χ0v) is 13.3. The normalized spacial score (nSPS) is 12.0. The van der Waals surface area contributed by atoms with E-state index in [9.17, 15) is 13.9 Å². The number of benzene rings is 1. The number of nitrogens with one attached hydrogen (secondary N) is 2. The van der Waals surface area contributed by atoms with Gasteiger partial charge in [0.2, 0.25) is 0 Å².